The second kappa shape index (κ2) is 9.49. The normalized spacial score (nSPS) is 18.5. The van der Waals surface area contributed by atoms with Crippen LogP contribution < -0.4 is 15.0 Å². The fraction of sp³-hybridized carbons (Fsp3) is 0.333. The van der Waals surface area contributed by atoms with Crippen LogP contribution in [0, 0.1) is 0 Å². The van der Waals surface area contributed by atoms with E-state index in [2.05, 4.69) is 50.2 Å². The summed E-state index contributed by atoms with van der Waals surface area (Å²) >= 11 is 5.81. The van der Waals surface area contributed by atoms with Crippen LogP contribution in [-0.2, 0) is 11.3 Å². The highest BCUT2D eigenvalue weighted by atomic mass is 32.1. The summed E-state index contributed by atoms with van der Waals surface area (Å²) in [6.45, 7) is 5.46. The number of methoxy groups -OCH3 is 1. The van der Waals surface area contributed by atoms with Crippen molar-refractivity contribution in [2.24, 2.45) is 0 Å². The van der Waals surface area contributed by atoms with Gasteiger partial charge in [0.25, 0.3) is 0 Å². The second-order valence-electron chi connectivity index (χ2n) is 7.78. The topological polar surface area (TPSA) is 51.5 Å². The quantitative estimate of drug-likeness (QED) is 0.525. The first-order valence-corrected chi connectivity index (χ1v) is 10.9. The molecule has 2 aromatic heterocycles. The maximum absolute atomic E-state index is 5.82. The zero-order valence-corrected chi connectivity index (χ0v) is 18.9. The number of pyridine rings is 1. The van der Waals surface area contributed by atoms with Gasteiger partial charge in [0.1, 0.15) is 11.8 Å². The second-order valence-corrected chi connectivity index (χ2v) is 8.16. The average molecular weight is 437 g/mol. The number of hydrogen-bond acceptors (Lipinski definition) is 4. The van der Waals surface area contributed by atoms with Gasteiger partial charge in [-0.25, -0.2) is 0 Å². The lowest BCUT2D eigenvalue weighted by molar-refractivity contribution is 0.186. The Hall–Kier alpha value is -2.90. The molecule has 31 heavy (non-hydrogen) atoms. The number of rotatable bonds is 8. The van der Waals surface area contributed by atoms with Crippen molar-refractivity contribution in [3.05, 3.63) is 78.4 Å². The van der Waals surface area contributed by atoms with E-state index in [1.165, 1.54) is 0 Å². The van der Waals surface area contributed by atoms with Crippen molar-refractivity contribution in [3.8, 4) is 5.75 Å². The van der Waals surface area contributed by atoms with Crippen molar-refractivity contribution >= 4 is 23.0 Å². The standard InChI is InChI=1S/C24H28N4O2S/c1-17(2)30-19-11-9-18(10-12-19)28-23(21-8-6-14-27(21)15-16-29-3)22(26-24(28)31)20-7-4-5-13-25-20/h4-14,17,22-23H,15-16H2,1-3H3,(H,26,31)/t22-,23-/m0/s1. The molecule has 0 bridgehead atoms. The number of nitrogens with zero attached hydrogens (tertiary/aromatic N) is 3. The van der Waals surface area contributed by atoms with E-state index in [9.17, 15) is 0 Å². The Morgan fingerprint density at radius 1 is 1.10 bits per heavy atom. The molecular formula is C24H28N4O2S. The average Bonchev–Trinajstić information content (AvgIpc) is 3.36. The number of anilines is 1. The van der Waals surface area contributed by atoms with E-state index in [1.807, 2.05) is 50.4 Å². The first-order valence-electron chi connectivity index (χ1n) is 10.5. The van der Waals surface area contributed by atoms with Gasteiger partial charge in [-0.2, -0.15) is 0 Å². The molecule has 2 atom stereocenters. The summed E-state index contributed by atoms with van der Waals surface area (Å²) in [5.41, 5.74) is 3.12. The molecule has 7 heteroatoms. The molecule has 6 nitrogen and oxygen atoms in total. The molecule has 162 valence electrons. The number of nitrogens with one attached hydrogen (secondary N) is 1. The van der Waals surface area contributed by atoms with Crippen LogP contribution in [0.5, 0.6) is 5.75 Å². The van der Waals surface area contributed by atoms with Crippen LogP contribution in [0.2, 0.25) is 0 Å². The van der Waals surface area contributed by atoms with E-state index < -0.39 is 0 Å². The Bertz CT molecular complexity index is 1000. The smallest absolute Gasteiger partial charge is 0.174 e. The molecule has 1 aliphatic rings. The summed E-state index contributed by atoms with van der Waals surface area (Å²) in [6, 6.07) is 18.2. The Morgan fingerprint density at radius 3 is 2.58 bits per heavy atom. The van der Waals surface area contributed by atoms with Gasteiger partial charge < -0.3 is 24.3 Å². The SMILES string of the molecule is COCCn1cccc1[C@H]1[C@H](c2ccccn2)NC(=S)N1c1ccc(OC(C)C)cc1. The van der Waals surface area contributed by atoms with Gasteiger partial charge >= 0.3 is 0 Å². The Kier molecular flexibility index (Phi) is 6.53. The molecular weight excluding hydrogens is 408 g/mol. The molecule has 0 saturated carbocycles. The summed E-state index contributed by atoms with van der Waals surface area (Å²) in [5, 5.41) is 4.18. The van der Waals surface area contributed by atoms with Crippen LogP contribution in [-0.4, -0.2) is 34.5 Å². The van der Waals surface area contributed by atoms with Crippen LogP contribution in [0.25, 0.3) is 0 Å². The Labute approximate surface area is 188 Å². The molecule has 4 rings (SSSR count). The van der Waals surface area contributed by atoms with Gasteiger partial charge in [-0.1, -0.05) is 6.07 Å². The number of thiocarbonyl (C=S) groups is 1. The largest absolute Gasteiger partial charge is 0.491 e. The Balaban J connectivity index is 1.74. The lowest BCUT2D eigenvalue weighted by Gasteiger charge is -2.29. The molecule has 3 heterocycles. The molecule has 0 spiro atoms. The fourth-order valence-electron chi connectivity index (χ4n) is 3.98. The van der Waals surface area contributed by atoms with Crippen molar-refractivity contribution in [2.75, 3.05) is 18.6 Å². The minimum Gasteiger partial charge on any atom is -0.491 e. The van der Waals surface area contributed by atoms with Crippen LogP contribution in [0.1, 0.15) is 37.3 Å². The maximum atomic E-state index is 5.82. The molecule has 1 aliphatic heterocycles. The zero-order valence-electron chi connectivity index (χ0n) is 18.1. The highest BCUT2D eigenvalue weighted by Gasteiger charge is 2.41. The van der Waals surface area contributed by atoms with E-state index >= 15 is 0 Å². The van der Waals surface area contributed by atoms with Crippen molar-refractivity contribution in [1.82, 2.24) is 14.9 Å². The van der Waals surface area contributed by atoms with Crippen LogP contribution in [0.3, 0.4) is 0 Å². The number of aromatic nitrogens is 2. The van der Waals surface area contributed by atoms with Gasteiger partial charge in [0.2, 0.25) is 0 Å². The first kappa shape index (κ1) is 21.3. The van der Waals surface area contributed by atoms with E-state index in [0.717, 1.165) is 29.4 Å². The third-order valence-electron chi connectivity index (χ3n) is 5.29. The van der Waals surface area contributed by atoms with Crippen molar-refractivity contribution < 1.29 is 9.47 Å². The van der Waals surface area contributed by atoms with Gasteiger partial charge in [0.15, 0.2) is 5.11 Å². The monoisotopic (exact) mass is 436 g/mol. The van der Waals surface area contributed by atoms with Crippen molar-refractivity contribution in [2.45, 2.75) is 38.6 Å². The molecule has 0 amide bonds. The van der Waals surface area contributed by atoms with Crippen LogP contribution >= 0.6 is 12.2 Å². The molecule has 0 unspecified atom stereocenters. The van der Waals surface area contributed by atoms with E-state index in [0.29, 0.717) is 11.7 Å². The highest BCUT2D eigenvalue weighted by Crippen LogP contribution is 2.41. The lowest BCUT2D eigenvalue weighted by Crippen LogP contribution is -2.30. The molecule has 1 fully saturated rings. The third kappa shape index (κ3) is 4.57. The molecule has 1 aromatic carbocycles. The highest BCUT2D eigenvalue weighted by molar-refractivity contribution is 7.80. The summed E-state index contributed by atoms with van der Waals surface area (Å²) in [4.78, 5) is 6.79. The molecule has 1 saturated heterocycles. The summed E-state index contributed by atoms with van der Waals surface area (Å²) in [6.07, 6.45) is 4.04. The van der Waals surface area contributed by atoms with Gasteiger partial charge in [0, 0.05) is 37.4 Å². The van der Waals surface area contributed by atoms with Gasteiger partial charge in [-0.15, -0.1) is 0 Å². The first-order chi connectivity index (χ1) is 15.1. The van der Waals surface area contributed by atoms with Gasteiger partial charge in [-0.3, -0.25) is 4.98 Å². The number of ether oxygens (including phenoxy) is 2. The summed E-state index contributed by atoms with van der Waals surface area (Å²) in [7, 11) is 1.72. The minimum atomic E-state index is -0.0727. The fourth-order valence-corrected chi connectivity index (χ4v) is 4.33. The zero-order chi connectivity index (χ0) is 21.8. The van der Waals surface area contributed by atoms with Crippen molar-refractivity contribution in [1.29, 1.82) is 0 Å². The van der Waals surface area contributed by atoms with Crippen LogP contribution in [0.4, 0.5) is 5.69 Å². The van der Waals surface area contributed by atoms with Crippen molar-refractivity contribution in [3.63, 3.8) is 0 Å². The van der Waals surface area contributed by atoms with E-state index in [1.54, 1.807) is 7.11 Å². The number of benzene rings is 1. The number of hydrogen-bond donors (Lipinski definition) is 1. The molecule has 0 aliphatic carbocycles. The summed E-state index contributed by atoms with van der Waals surface area (Å²) < 4.78 is 13.4. The third-order valence-corrected chi connectivity index (χ3v) is 5.60. The predicted molar refractivity (Wildman–Crippen MR) is 126 cm³/mol. The summed E-state index contributed by atoms with van der Waals surface area (Å²) in [5.74, 6) is 0.845. The van der Waals surface area contributed by atoms with Gasteiger partial charge in [0.05, 0.1) is 24.4 Å². The van der Waals surface area contributed by atoms with E-state index in [4.69, 9.17) is 21.7 Å². The van der Waals surface area contributed by atoms with Gasteiger partial charge in [-0.05, 0) is 74.6 Å². The molecule has 0 radical (unpaired) electrons. The van der Waals surface area contributed by atoms with E-state index in [-0.39, 0.29) is 18.2 Å². The predicted octanol–water partition coefficient (Wildman–Crippen LogP) is 4.49. The van der Waals surface area contributed by atoms with Crippen LogP contribution in [0.15, 0.2) is 67.0 Å². The lowest BCUT2D eigenvalue weighted by atomic mass is 10.0. The molecule has 3 aromatic rings. The maximum Gasteiger partial charge on any atom is 0.174 e. The Morgan fingerprint density at radius 2 is 1.90 bits per heavy atom. The molecule has 1 N–H and O–H groups in total. The minimum absolute atomic E-state index is 0.0499.